The topological polar surface area (TPSA) is 82.5 Å². The minimum Gasteiger partial charge on any atom is -0.383 e. The molecule has 102 valence electrons. The molecule has 0 amide bonds. The van der Waals surface area contributed by atoms with E-state index in [1.54, 1.807) is 6.20 Å². The van der Waals surface area contributed by atoms with Crippen LogP contribution in [0.4, 0.5) is 5.82 Å². The third-order valence-corrected chi connectivity index (χ3v) is 3.01. The van der Waals surface area contributed by atoms with Crippen LogP contribution in [0.1, 0.15) is 44.5 Å². The van der Waals surface area contributed by atoms with E-state index in [2.05, 4.69) is 41.1 Å². The minimum absolute atomic E-state index is 0.233. The van der Waals surface area contributed by atoms with Crippen LogP contribution in [0.2, 0.25) is 0 Å². The number of aryl methyl sites for hydroxylation is 1. The van der Waals surface area contributed by atoms with Crippen molar-refractivity contribution >= 4 is 5.82 Å². The maximum absolute atomic E-state index is 5.99. The molecular weight excluding hydrogens is 240 g/mol. The maximum atomic E-state index is 5.99. The van der Waals surface area contributed by atoms with Gasteiger partial charge >= 0.3 is 0 Å². The number of anilines is 1. The Balaban J connectivity index is 2.57. The number of rotatable bonds is 4. The molecule has 0 aliphatic heterocycles. The van der Waals surface area contributed by atoms with E-state index in [-0.39, 0.29) is 5.92 Å². The van der Waals surface area contributed by atoms with Crippen molar-refractivity contribution in [1.29, 1.82) is 0 Å². The van der Waals surface area contributed by atoms with Gasteiger partial charge in [0, 0.05) is 18.0 Å². The fourth-order valence-electron chi connectivity index (χ4n) is 1.88. The Hall–Kier alpha value is -1.98. The number of hydrogen-bond donors (Lipinski definition) is 1. The van der Waals surface area contributed by atoms with Gasteiger partial charge in [-0.15, -0.1) is 5.10 Å². The second kappa shape index (κ2) is 5.34. The summed E-state index contributed by atoms with van der Waals surface area (Å²) in [5.41, 5.74) is 8.59. The molecule has 6 nitrogen and oxygen atoms in total. The Labute approximate surface area is 113 Å². The molecule has 0 saturated carbocycles. The minimum atomic E-state index is 0.233. The van der Waals surface area contributed by atoms with E-state index >= 15 is 0 Å². The number of hydrogen-bond acceptors (Lipinski definition) is 5. The van der Waals surface area contributed by atoms with Crippen molar-refractivity contribution in [3.05, 3.63) is 17.6 Å². The van der Waals surface area contributed by atoms with Crippen LogP contribution in [0.3, 0.4) is 0 Å². The van der Waals surface area contributed by atoms with Gasteiger partial charge in [-0.1, -0.05) is 26.0 Å². The summed E-state index contributed by atoms with van der Waals surface area (Å²) in [6, 6.07) is 0. The summed E-state index contributed by atoms with van der Waals surface area (Å²) in [6.45, 7) is 8.95. The third-order valence-electron chi connectivity index (χ3n) is 3.01. The van der Waals surface area contributed by atoms with Gasteiger partial charge in [-0.2, -0.15) is 0 Å². The molecule has 0 saturated heterocycles. The average Bonchev–Trinajstić information content (AvgIpc) is 2.81. The number of nitrogens with zero attached hydrogens (tertiary/aromatic N) is 5. The van der Waals surface area contributed by atoms with Gasteiger partial charge in [0.2, 0.25) is 0 Å². The summed E-state index contributed by atoms with van der Waals surface area (Å²) in [5.74, 6) is 1.51. The highest BCUT2D eigenvalue weighted by Gasteiger charge is 2.16. The quantitative estimate of drug-likeness (QED) is 0.910. The smallest absolute Gasteiger partial charge is 0.134 e. The van der Waals surface area contributed by atoms with Crippen LogP contribution in [-0.2, 0) is 6.54 Å². The summed E-state index contributed by atoms with van der Waals surface area (Å²) in [5, 5.41) is 8.07. The first kappa shape index (κ1) is 13.5. The molecule has 2 N–H and O–H groups in total. The van der Waals surface area contributed by atoms with Gasteiger partial charge in [0.05, 0.1) is 11.9 Å². The predicted molar refractivity (Wildman–Crippen MR) is 74.6 cm³/mol. The van der Waals surface area contributed by atoms with Gasteiger partial charge < -0.3 is 5.73 Å². The number of nitrogen functional groups attached to an aromatic ring is 1. The van der Waals surface area contributed by atoms with Crippen molar-refractivity contribution in [2.24, 2.45) is 0 Å². The number of nitrogens with two attached hydrogens (primary N) is 1. The first-order valence-electron chi connectivity index (χ1n) is 6.57. The zero-order chi connectivity index (χ0) is 14.0. The van der Waals surface area contributed by atoms with Crippen molar-refractivity contribution in [3.8, 4) is 11.4 Å². The Morgan fingerprint density at radius 1 is 1.32 bits per heavy atom. The summed E-state index contributed by atoms with van der Waals surface area (Å²) < 4.78 is 1.86. The maximum Gasteiger partial charge on any atom is 0.134 e. The van der Waals surface area contributed by atoms with E-state index in [4.69, 9.17) is 5.73 Å². The molecular formula is C13H20N6. The van der Waals surface area contributed by atoms with Crippen LogP contribution in [0.5, 0.6) is 0 Å². The first-order chi connectivity index (χ1) is 9.04. The molecule has 2 heterocycles. The van der Waals surface area contributed by atoms with Crippen LogP contribution in [0.25, 0.3) is 11.4 Å². The number of aromatic nitrogens is 5. The summed E-state index contributed by atoms with van der Waals surface area (Å²) >= 11 is 0. The lowest BCUT2D eigenvalue weighted by Crippen LogP contribution is -2.09. The summed E-state index contributed by atoms with van der Waals surface area (Å²) in [4.78, 5) is 8.96. The molecule has 0 radical (unpaired) electrons. The van der Waals surface area contributed by atoms with E-state index in [1.807, 2.05) is 11.6 Å². The van der Waals surface area contributed by atoms with Gasteiger partial charge in [-0.25, -0.2) is 14.6 Å². The zero-order valence-corrected chi connectivity index (χ0v) is 11.9. The lowest BCUT2D eigenvalue weighted by molar-refractivity contribution is 0.582. The normalized spacial score (nSPS) is 11.2. The molecule has 0 bridgehead atoms. The molecule has 0 fully saturated rings. The van der Waals surface area contributed by atoms with Gasteiger partial charge in [0.25, 0.3) is 0 Å². The van der Waals surface area contributed by atoms with E-state index in [9.17, 15) is 0 Å². The third kappa shape index (κ3) is 2.57. The second-order valence-corrected chi connectivity index (χ2v) is 4.94. The molecule has 0 aliphatic rings. The fourth-order valence-corrected chi connectivity index (χ4v) is 1.88. The molecule has 2 aromatic rings. The van der Waals surface area contributed by atoms with Crippen LogP contribution < -0.4 is 5.73 Å². The Morgan fingerprint density at radius 3 is 2.68 bits per heavy atom. The van der Waals surface area contributed by atoms with Crippen LogP contribution in [0, 0.1) is 6.92 Å². The first-order valence-corrected chi connectivity index (χ1v) is 6.57. The highest BCUT2D eigenvalue weighted by Crippen LogP contribution is 2.25. The Morgan fingerprint density at radius 2 is 2.05 bits per heavy atom. The van der Waals surface area contributed by atoms with Gasteiger partial charge in [-0.3, -0.25) is 0 Å². The lowest BCUT2D eigenvalue weighted by atomic mass is 10.1. The van der Waals surface area contributed by atoms with Gasteiger partial charge in [-0.05, 0) is 13.3 Å². The van der Waals surface area contributed by atoms with Crippen LogP contribution in [-0.4, -0.2) is 25.0 Å². The second-order valence-electron chi connectivity index (χ2n) is 4.94. The monoisotopic (exact) mass is 260 g/mol. The van der Waals surface area contributed by atoms with E-state index in [0.717, 1.165) is 35.7 Å². The van der Waals surface area contributed by atoms with Crippen molar-refractivity contribution in [2.75, 3.05) is 5.73 Å². The molecule has 6 heteroatoms. The van der Waals surface area contributed by atoms with Gasteiger partial charge in [0.15, 0.2) is 0 Å². The molecule has 0 spiro atoms. The standard InChI is InChI=1S/C13H20N6/c1-5-6-19-10(7-15-18-19)11-9(4)12(14)17-13(16-11)8(2)3/h7-8H,5-6H2,1-4H3,(H2,14,16,17). The van der Waals surface area contributed by atoms with E-state index < -0.39 is 0 Å². The van der Waals surface area contributed by atoms with Crippen molar-refractivity contribution in [3.63, 3.8) is 0 Å². The average molecular weight is 260 g/mol. The molecule has 0 aromatic carbocycles. The van der Waals surface area contributed by atoms with Crippen LogP contribution in [0.15, 0.2) is 6.20 Å². The molecule has 0 atom stereocenters. The highest BCUT2D eigenvalue weighted by atomic mass is 15.4. The van der Waals surface area contributed by atoms with Crippen LogP contribution >= 0.6 is 0 Å². The van der Waals surface area contributed by atoms with Gasteiger partial charge in [0.1, 0.15) is 17.3 Å². The van der Waals surface area contributed by atoms with Crippen molar-refractivity contribution < 1.29 is 0 Å². The summed E-state index contributed by atoms with van der Waals surface area (Å²) in [7, 11) is 0. The van der Waals surface area contributed by atoms with Crippen molar-refractivity contribution in [1.82, 2.24) is 25.0 Å². The molecule has 2 rings (SSSR count). The zero-order valence-electron chi connectivity index (χ0n) is 11.9. The van der Waals surface area contributed by atoms with Crippen molar-refractivity contribution in [2.45, 2.75) is 46.6 Å². The molecule has 2 aromatic heterocycles. The molecule has 19 heavy (non-hydrogen) atoms. The Bertz CT molecular complexity index is 573. The summed E-state index contributed by atoms with van der Waals surface area (Å²) in [6.07, 6.45) is 2.72. The fraction of sp³-hybridized carbons (Fsp3) is 0.538. The van der Waals surface area contributed by atoms with E-state index in [0.29, 0.717) is 5.82 Å². The lowest BCUT2D eigenvalue weighted by Gasteiger charge is -2.12. The highest BCUT2D eigenvalue weighted by molar-refractivity contribution is 5.63. The SMILES string of the molecule is CCCn1nncc1-c1nc(C(C)C)nc(N)c1C. The largest absolute Gasteiger partial charge is 0.383 e. The molecule has 0 aliphatic carbocycles. The van der Waals surface area contributed by atoms with E-state index in [1.165, 1.54) is 0 Å². The molecule has 0 unspecified atom stereocenters. The predicted octanol–water partition coefficient (Wildman–Crippen LogP) is 2.16. The Kier molecular flexibility index (Phi) is 3.78.